The Morgan fingerprint density at radius 3 is 2.41 bits per heavy atom. The standard InChI is InChI=1S/C29H44F3N5O2/c1-28(27-33-26(39-34-27)21-16-23(21)30)10-14-37(15-11-28)25(38)17-22-24(4-3-9-29(22,31)32)36-12-7-20(8-13-36)35(2)18-19-5-6-19/h19-24H,3-18H2,1-2H3/t21?,22-,23+,24+/m1/s1. The van der Waals surface area contributed by atoms with Crippen molar-refractivity contribution in [3.63, 3.8) is 0 Å². The third-order valence-corrected chi connectivity index (χ3v) is 10.5. The van der Waals surface area contributed by atoms with Crippen molar-refractivity contribution in [2.24, 2.45) is 11.8 Å². The summed E-state index contributed by atoms with van der Waals surface area (Å²) >= 11 is 0. The Balaban J connectivity index is 1.04. The number of piperidine rings is 2. The number of likely N-dealkylation sites (tertiary alicyclic amines) is 2. The highest BCUT2D eigenvalue weighted by Crippen LogP contribution is 2.45. The zero-order chi connectivity index (χ0) is 27.4. The molecule has 0 spiro atoms. The molecule has 1 amide bonds. The third-order valence-electron chi connectivity index (χ3n) is 10.5. The van der Waals surface area contributed by atoms with Gasteiger partial charge in [-0.05, 0) is 83.8 Å². The van der Waals surface area contributed by atoms with Gasteiger partial charge < -0.3 is 14.3 Å². The molecule has 0 N–H and O–H groups in total. The van der Waals surface area contributed by atoms with E-state index in [1.807, 2.05) is 6.92 Å². The topological polar surface area (TPSA) is 65.7 Å². The average molecular weight is 552 g/mol. The van der Waals surface area contributed by atoms with Gasteiger partial charge in [0.05, 0.1) is 5.92 Å². The van der Waals surface area contributed by atoms with Crippen LogP contribution in [0.3, 0.4) is 0 Å². The van der Waals surface area contributed by atoms with Crippen LogP contribution in [0.4, 0.5) is 13.2 Å². The van der Waals surface area contributed by atoms with Gasteiger partial charge in [-0.1, -0.05) is 12.1 Å². The maximum absolute atomic E-state index is 15.3. The highest BCUT2D eigenvalue weighted by atomic mass is 19.3. The SMILES string of the molecule is CN(CC1CC1)C1CCN([C@H]2CCCC(F)(F)[C@@H]2CC(=O)N2CCC(C)(c3noc(C4C[C@@H]4F)n3)CC2)CC1. The molecule has 2 saturated heterocycles. The van der Waals surface area contributed by atoms with Crippen LogP contribution in [-0.4, -0.2) is 94.7 Å². The average Bonchev–Trinajstić information content (AvgIpc) is 3.82. The molecule has 5 aliphatic rings. The van der Waals surface area contributed by atoms with E-state index in [-0.39, 0.29) is 36.1 Å². The maximum Gasteiger partial charge on any atom is 0.252 e. The minimum absolute atomic E-state index is 0.0954. The van der Waals surface area contributed by atoms with E-state index in [0.29, 0.717) is 56.5 Å². The molecule has 3 saturated carbocycles. The molecule has 6 rings (SSSR count). The molecule has 1 aromatic heterocycles. The van der Waals surface area contributed by atoms with Crippen LogP contribution in [-0.2, 0) is 10.2 Å². The van der Waals surface area contributed by atoms with Crippen molar-refractivity contribution in [3.05, 3.63) is 11.7 Å². The van der Waals surface area contributed by atoms with Crippen molar-refractivity contribution in [3.8, 4) is 0 Å². The maximum atomic E-state index is 15.3. The first kappa shape index (κ1) is 27.5. The Morgan fingerprint density at radius 2 is 1.77 bits per heavy atom. The Kier molecular flexibility index (Phi) is 7.48. The summed E-state index contributed by atoms with van der Waals surface area (Å²) in [6, 6.07) is 0.300. The van der Waals surface area contributed by atoms with Crippen LogP contribution in [0.5, 0.6) is 0 Å². The van der Waals surface area contributed by atoms with Crippen LogP contribution in [0.25, 0.3) is 0 Å². The second-order valence-corrected chi connectivity index (χ2v) is 13.4. The van der Waals surface area contributed by atoms with Crippen molar-refractivity contribution in [2.45, 2.75) is 113 Å². The van der Waals surface area contributed by atoms with Gasteiger partial charge in [-0.2, -0.15) is 4.98 Å². The van der Waals surface area contributed by atoms with Gasteiger partial charge in [-0.3, -0.25) is 9.69 Å². The number of rotatable bonds is 8. The molecule has 4 atom stereocenters. The lowest BCUT2D eigenvalue weighted by molar-refractivity contribution is -0.151. The number of amides is 1. The van der Waals surface area contributed by atoms with Crippen LogP contribution >= 0.6 is 0 Å². The normalized spacial score (nSPS) is 33.4. The van der Waals surface area contributed by atoms with Gasteiger partial charge in [-0.25, -0.2) is 13.2 Å². The largest absolute Gasteiger partial charge is 0.343 e. The van der Waals surface area contributed by atoms with Crippen LogP contribution in [0.2, 0.25) is 0 Å². The number of aromatic nitrogens is 2. The van der Waals surface area contributed by atoms with Gasteiger partial charge in [0.1, 0.15) is 6.17 Å². The van der Waals surface area contributed by atoms with Crippen molar-refractivity contribution in [2.75, 3.05) is 39.8 Å². The smallest absolute Gasteiger partial charge is 0.252 e. The van der Waals surface area contributed by atoms with Crippen molar-refractivity contribution in [1.82, 2.24) is 24.8 Å². The fourth-order valence-corrected chi connectivity index (χ4v) is 7.29. The summed E-state index contributed by atoms with van der Waals surface area (Å²) in [4.78, 5) is 24.4. The van der Waals surface area contributed by atoms with Crippen LogP contribution in [0.1, 0.15) is 95.2 Å². The second kappa shape index (κ2) is 10.6. The summed E-state index contributed by atoms with van der Waals surface area (Å²) in [6.45, 7) is 5.84. The van der Waals surface area contributed by atoms with Crippen LogP contribution in [0, 0.1) is 11.8 Å². The van der Waals surface area contributed by atoms with Gasteiger partial charge in [0.25, 0.3) is 5.92 Å². The number of alkyl halides is 3. The zero-order valence-electron chi connectivity index (χ0n) is 23.5. The van der Waals surface area contributed by atoms with Crippen molar-refractivity contribution < 1.29 is 22.5 Å². The second-order valence-electron chi connectivity index (χ2n) is 13.4. The lowest BCUT2D eigenvalue weighted by atomic mass is 9.76. The quantitative estimate of drug-likeness (QED) is 0.464. The Labute approximate surface area is 229 Å². The van der Waals surface area contributed by atoms with Crippen molar-refractivity contribution in [1.29, 1.82) is 0 Å². The number of halogens is 3. The molecule has 1 aromatic rings. The minimum atomic E-state index is -2.82. The molecule has 0 aromatic carbocycles. The summed E-state index contributed by atoms with van der Waals surface area (Å²) in [7, 11) is 2.21. The van der Waals surface area contributed by atoms with Crippen molar-refractivity contribution >= 4 is 5.91 Å². The molecule has 0 radical (unpaired) electrons. The zero-order valence-corrected chi connectivity index (χ0v) is 23.5. The van der Waals surface area contributed by atoms with E-state index in [0.717, 1.165) is 44.8 Å². The summed E-state index contributed by atoms with van der Waals surface area (Å²) in [5, 5.41) is 4.12. The van der Waals surface area contributed by atoms with Gasteiger partial charge in [0.2, 0.25) is 11.8 Å². The molecular formula is C29H44F3N5O2. The molecule has 2 aliphatic heterocycles. The number of carbonyl (C=O) groups excluding carboxylic acids is 1. The van der Waals surface area contributed by atoms with E-state index in [4.69, 9.17) is 4.52 Å². The first-order valence-corrected chi connectivity index (χ1v) is 15.2. The van der Waals surface area contributed by atoms with E-state index in [9.17, 15) is 9.18 Å². The fraction of sp³-hybridized carbons (Fsp3) is 0.897. The molecule has 7 nitrogen and oxygen atoms in total. The number of carbonyl (C=O) groups is 1. The predicted octanol–water partition coefficient (Wildman–Crippen LogP) is 4.78. The monoisotopic (exact) mass is 551 g/mol. The molecule has 1 unspecified atom stereocenters. The number of hydrogen-bond donors (Lipinski definition) is 0. The van der Waals surface area contributed by atoms with Gasteiger partial charge in [0, 0.05) is 55.9 Å². The van der Waals surface area contributed by atoms with Gasteiger partial charge in [0.15, 0.2) is 5.82 Å². The van der Waals surface area contributed by atoms with E-state index in [1.54, 1.807) is 4.90 Å². The summed E-state index contributed by atoms with van der Waals surface area (Å²) in [5.74, 6) is -2.42. The summed E-state index contributed by atoms with van der Waals surface area (Å²) in [5.41, 5.74) is -0.368. The minimum Gasteiger partial charge on any atom is -0.343 e. The van der Waals surface area contributed by atoms with Gasteiger partial charge in [-0.15, -0.1) is 0 Å². The Hall–Kier alpha value is -1.68. The third kappa shape index (κ3) is 5.88. The molecular weight excluding hydrogens is 507 g/mol. The van der Waals surface area contributed by atoms with E-state index in [2.05, 4.69) is 27.0 Å². The molecule has 218 valence electrons. The molecule has 10 heteroatoms. The lowest BCUT2D eigenvalue weighted by Crippen LogP contribution is -2.56. The predicted molar refractivity (Wildman–Crippen MR) is 140 cm³/mol. The lowest BCUT2D eigenvalue weighted by Gasteiger charge is -2.47. The van der Waals surface area contributed by atoms with E-state index in [1.165, 1.54) is 12.8 Å². The number of nitrogens with zero attached hydrogens (tertiary/aromatic N) is 5. The number of hydrogen-bond acceptors (Lipinski definition) is 6. The highest BCUT2D eigenvalue weighted by Gasteiger charge is 2.51. The fourth-order valence-electron chi connectivity index (χ4n) is 7.29. The van der Waals surface area contributed by atoms with Gasteiger partial charge >= 0.3 is 0 Å². The van der Waals surface area contributed by atoms with Crippen LogP contribution < -0.4 is 0 Å². The van der Waals surface area contributed by atoms with E-state index < -0.39 is 18.0 Å². The first-order valence-electron chi connectivity index (χ1n) is 15.2. The first-order chi connectivity index (χ1) is 18.6. The highest BCUT2D eigenvalue weighted by molar-refractivity contribution is 5.76. The molecule has 5 fully saturated rings. The Morgan fingerprint density at radius 1 is 1.08 bits per heavy atom. The Bertz CT molecular complexity index is 1020. The molecule has 0 bridgehead atoms. The summed E-state index contributed by atoms with van der Waals surface area (Å²) < 4.78 is 49.4. The molecule has 39 heavy (non-hydrogen) atoms. The molecule has 3 heterocycles. The van der Waals surface area contributed by atoms with Crippen LogP contribution in [0.15, 0.2) is 4.52 Å². The summed E-state index contributed by atoms with van der Waals surface area (Å²) in [6.07, 6.45) is 6.55. The van der Waals surface area contributed by atoms with E-state index >= 15 is 8.78 Å². The molecule has 3 aliphatic carbocycles.